The number of benzene rings is 7. The Kier molecular flexibility index (Phi) is 7.31. The minimum absolute atomic E-state index is 0.286. The molecular formula is C41H29NO6. The van der Waals surface area contributed by atoms with Gasteiger partial charge < -0.3 is 19.9 Å². The Balaban J connectivity index is 1.34. The maximum atomic E-state index is 13.7. The summed E-state index contributed by atoms with van der Waals surface area (Å²) in [5.74, 6) is -1.94. The molecule has 0 spiro atoms. The lowest BCUT2D eigenvalue weighted by atomic mass is 9.77. The first-order valence-electron chi connectivity index (χ1n) is 15.7. The molecule has 2 N–H and O–H groups in total. The summed E-state index contributed by atoms with van der Waals surface area (Å²) in [7, 11) is 0. The molecule has 0 saturated carbocycles. The third-order valence-corrected chi connectivity index (χ3v) is 9.09. The fourth-order valence-corrected chi connectivity index (χ4v) is 6.87. The van der Waals surface area contributed by atoms with E-state index in [9.17, 15) is 14.4 Å². The van der Waals surface area contributed by atoms with Crippen LogP contribution in [0.15, 0.2) is 140 Å². The van der Waals surface area contributed by atoms with Crippen molar-refractivity contribution in [3.05, 3.63) is 167 Å². The van der Waals surface area contributed by atoms with E-state index in [-0.39, 0.29) is 5.56 Å². The van der Waals surface area contributed by atoms with Crippen LogP contribution in [0.2, 0.25) is 0 Å². The van der Waals surface area contributed by atoms with Crippen molar-refractivity contribution in [1.82, 2.24) is 0 Å². The zero-order valence-corrected chi connectivity index (χ0v) is 25.6. The van der Waals surface area contributed by atoms with E-state index in [0.717, 1.165) is 32.3 Å². The van der Waals surface area contributed by atoms with E-state index < -0.39 is 42.3 Å². The number of ether oxygens (including phenoxy) is 3. The number of hydrogen-bond donors (Lipinski definition) is 1. The van der Waals surface area contributed by atoms with Crippen LogP contribution in [-0.2, 0) is 14.2 Å². The van der Waals surface area contributed by atoms with Gasteiger partial charge in [-0.1, -0.05) is 97.1 Å². The van der Waals surface area contributed by atoms with Crippen molar-refractivity contribution >= 4 is 50.2 Å². The maximum Gasteiger partial charge on any atom is 0.338 e. The van der Waals surface area contributed by atoms with E-state index in [2.05, 4.69) is 18.2 Å². The fraction of sp³-hybridized carbons (Fsp3) is 0.0976. The quantitative estimate of drug-likeness (QED) is 0.113. The third kappa shape index (κ3) is 5.01. The van der Waals surface area contributed by atoms with Crippen molar-refractivity contribution < 1.29 is 28.6 Å². The van der Waals surface area contributed by atoms with Crippen molar-refractivity contribution in [1.29, 1.82) is 0 Å². The van der Waals surface area contributed by atoms with Gasteiger partial charge in [0.1, 0.15) is 0 Å². The molecule has 48 heavy (non-hydrogen) atoms. The number of carbonyl (C=O) groups excluding carboxylic acids is 3. The number of hydrogen-bond acceptors (Lipinski definition) is 7. The normalized spacial score (nSPS) is 18.8. The summed E-state index contributed by atoms with van der Waals surface area (Å²) in [4.78, 5) is 41.0. The van der Waals surface area contributed by atoms with Crippen LogP contribution in [0.4, 0.5) is 0 Å². The summed E-state index contributed by atoms with van der Waals surface area (Å²) < 4.78 is 18.6. The molecule has 0 unspecified atom stereocenters. The average molecular weight is 632 g/mol. The van der Waals surface area contributed by atoms with Crippen molar-refractivity contribution in [3.63, 3.8) is 0 Å². The van der Waals surface area contributed by atoms with Gasteiger partial charge in [-0.25, -0.2) is 14.4 Å². The van der Waals surface area contributed by atoms with Crippen LogP contribution < -0.4 is 5.73 Å². The highest BCUT2D eigenvalue weighted by molar-refractivity contribution is 6.24. The number of rotatable bonds is 6. The Labute approximate surface area is 275 Å². The van der Waals surface area contributed by atoms with E-state index in [4.69, 9.17) is 19.9 Å². The topological polar surface area (TPSA) is 105 Å². The van der Waals surface area contributed by atoms with Crippen LogP contribution in [0.25, 0.3) is 32.3 Å². The van der Waals surface area contributed by atoms with Gasteiger partial charge in [-0.3, -0.25) is 0 Å². The Hall–Kier alpha value is -6.05. The van der Waals surface area contributed by atoms with E-state index in [1.165, 1.54) is 0 Å². The predicted molar refractivity (Wildman–Crippen MR) is 183 cm³/mol. The highest BCUT2D eigenvalue weighted by atomic mass is 16.6. The molecule has 0 heterocycles. The van der Waals surface area contributed by atoms with Gasteiger partial charge in [-0.2, -0.15) is 0 Å². The summed E-state index contributed by atoms with van der Waals surface area (Å²) in [5, 5.41) is 5.98. The van der Waals surface area contributed by atoms with Crippen LogP contribution in [-0.4, -0.2) is 30.1 Å². The lowest BCUT2D eigenvalue weighted by Crippen LogP contribution is -2.50. The molecule has 4 atom stereocenters. The monoisotopic (exact) mass is 631 g/mol. The van der Waals surface area contributed by atoms with E-state index in [0.29, 0.717) is 22.3 Å². The summed E-state index contributed by atoms with van der Waals surface area (Å²) >= 11 is 0. The second kappa shape index (κ2) is 12.0. The van der Waals surface area contributed by atoms with Gasteiger partial charge in [0.05, 0.1) is 22.7 Å². The van der Waals surface area contributed by atoms with Crippen LogP contribution in [0.5, 0.6) is 0 Å². The van der Waals surface area contributed by atoms with E-state index in [1.54, 1.807) is 91.0 Å². The van der Waals surface area contributed by atoms with Crippen LogP contribution in [0.3, 0.4) is 0 Å². The van der Waals surface area contributed by atoms with Gasteiger partial charge in [0.2, 0.25) is 0 Å². The molecule has 0 aromatic heterocycles. The molecule has 8 rings (SSSR count). The SMILES string of the molecule is N[C@H]1c2c(cc3ccc4cccc5ccc2c3c45)[C@H](OC(=O)c2ccccc2)[C@@H](OC(=O)c2ccccc2)[C@@H]1OC(=O)c1ccccc1. The molecule has 0 aliphatic heterocycles. The second-order valence-corrected chi connectivity index (χ2v) is 11.9. The lowest BCUT2D eigenvalue weighted by Gasteiger charge is -2.41. The first kappa shape index (κ1) is 29.4. The van der Waals surface area contributed by atoms with Crippen molar-refractivity contribution in [2.75, 3.05) is 0 Å². The Morgan fingerprint density at radius 2 is 0.958 bits per heavy atom. The number of fused-ring (bicyclic) bond motifs is 2. The smallest absolute Gasteiger partial charge is 0.338 e. The molecule has 0 fully saturated rings. The Morgan fingerprint density at radius 3 is 1.52 bits per heavy atom. The molecular weight excluding hydrogens is 602 g/mol. The molecule has 234 valence electrons. The maximum absolute atomic E-state index is 13.7. The van der Waals surface area contributed by atoms with Gasteiger partial charge in [0, 0.05) is 5.56 Å². The van der Waals surface area contributed by atoms with Crippen molar-refractivity contribution in [3.8, 4) is 0 Å². The van der Waals surface area contributed by atoms with Crippen molar-refractivity contribution in [2.45, 2.75) is 24.4 Å². The summed E-state index contributed by atoms with van der Waals surface area (Å²) in [5.41, 5.74) is 9.26. The number of nitrogens with two attached hydrogens (primary N) is 1. The van der Waals surface area contributed by atoms with Crippen LogP contribution in [0, 0.1) is 0 Å². The zero-order chi connectivity index (χ0) is 32.8. The van der Waals surface area contributed by atoms with Gasteiger partial charge in [-0.05, 0) is 80.3 Å². The minimum atomic E-state index is -1.28. The van der Waals surface area contributed by atoms with Crippen LogP contribution in [0.1, 0.15) is 54.3 Å². The lowest BCUT2D eigenvalue weighted by molar-refractivity contribution is -0.103. The predicted octanol–water partition coefficient (Wildman–Crippen LogP) is 7.95. The molecule has 1 aliphatic rings. The molecule has 7 heteroatoms. The standard InChI is InChI=1S/C41H29NO6/c42-35-34-30-22-21-25-18-10-17-24-19-20-29(33(30)32(24)25)23-31(34)36(46-39(43)26-11-4-1-5-12-26)38(48-41(45)28-15-8-3-9-16-28)37(35)47-40(44)27-13-6-2-7-14-27/h1-23,35-38H,42H2/t35-,36-,37+,38+/m0/s1. The third-order valence-electron chi connectivity index (χ3n) is 9.09. The molecule has 1 aliphatic carbocycles. The Morgan fingerprint density at radius 1 is 0.479 bits per heavy atom. The van der Waals surface area contributed by atoms with Crippen molar-refractivity contribution in [2.24, 2.45) is 5.73 Å². The Bertz CT molecular complexity index is 2290. The highest BCUT2D eigenvalue weighted by Crippen LogP contribution is 2.48. The van der Waals surface area contributed by atoms with E-state index in [1.807, 2.05) is 30.3 Å². The number of carbonyl (C=O) groups is 3. The zero-order valence-electron chi connectivity index (χ0n) is 25.6. The summed E-state index contributed by atoms with van der Waals surface area (Å²) in [6, 6.07) is 40.9. The largest absolute Gasteiger partial charge is 0.453 e. The molecule has 0 saturated heterocycles. The molecule has 0 amide bonds. The highest BCUT2D eigenvalue weighted by Gasteiger charge is 2.49. The van der Waals surface area contributed by atoms with Crippen LogP contribution >= 0.6 is 0 Å². The molecule has 7 nitrogen and oxygen atoms in total. The summed E-state index contributed by atoms with van der Waals surface area (Å²) in [6.45, 7) is 0. The van der Waals surface area contributed by atoms with Gasteiger partial charge in [-0.15, -0.1) is 0 Å². The average Bonchev–Trinajstić information content (AvgIpc) is 3.14. The van der Waals surface area contributed by atoms with Gasteiger partial charge in [0.15, 0.2) is 18.3 Å². The molecule has 0 bridgehead atoms. The second-order valence-electron chi connectivity index (χ2n) is 11.9. The van der Waals surface area contributed by atoms with Gasteiger partial charge >= 0.3 is 17.9 Å². The number of esters is 3. The van der Waals surface area contributed by atoms with E-state index >= 15 is 0 Å². The minimum Gasteiger partial charge on any atom is -0.453 e. The van der Waals surface area contributed by atoms with Gasteiger partial charge in [0.25, 0.3) is 0 Å². The molecule has 7 aromatic rings. The molecule has 0 radical (unpaired) electrons. The molecule has 7 aromatic carbocycles. The summed E-state index contributed by atoms with van der Waals surface area (Å²) in [6.07, 6.45) is -3.67. The first-order valence-corrected chi connectivity index (χ1v) is 15.7. The fourth-order valence-electron chi connectivity index (χ4n) is 6.87. The first-order chi connectivity index (χ1) is 23.5.